The lowest BCUT2D eigenvalue weighted by Crippen LogP contribution is -2.39. The van der Waals surface area contributed by atoms with Crippen LogP contribution in [0, 0.1) is 0 Å². The Morgan fingerprint density at radius 1 is 1.33 bits per heavy atom. The highest BCUT2D eigenvalue weighted by molar-refractivity contribution is 6.13. The second-order valence-corrected chi connectivity index (χ2v) is 4.15. The summed E-state index contributed by atoms with van der Waals surface area (Å²) in [5.41, 5.74) is 0.0978. The Morgan fingerprint density at radius 2 is 1.92 bits per heavy atom. The van der Waals surface area contributed by atoms with Gasteiger partial charge >= 0.3 is 0 Å². The zero-order valence-electron chi connectivity index (χ0n) is 8.65. The van der Waals surface area contributed by atoms with Crippen LogP contribution < -0.4 is 4.84 Å². The summed E-state index contributed by atoms with van der Waals surface area (Å²) in [6.45, 7) is 5.44. The SMILES string of the molecule is CCCC(C)(CCN(C)C)NCl. The fourth-order valence-electron chi connectivity index (χ4n) is 1.24. The van der Waals surface area contributed by atoms with Crippen LogP contribution in [0.3, 0.4) is 0 Å². The molecule has 3 heteroatoms. The van der Waals surface area contributed by atoms with E-state index in [0.29, 0.717) is 0 Å². The normalized spacial score (nSPS) is 16.5. The van der Waals surface area contributed by atoms with Crippen molar-refractivity contribution < 1.29 is 0 Å². The Hall–Kier alpha value is 0.210. The van der Waals surface area contributed by atoms with E-state index in [9.17, 15) is 0 Å². The van der Waals surface area contributed by atoms with Gasteiger partial charge in [0.05, 0.1) is 0 Å². The molecule has 0 radical (unpaired) electrons. The van der Waals surface area contributed by atoms with Crippen molar-refractivity contribution in [3.05, 3.63) is 0 Å². The summed E-state index contributed by atoms with van der Waals surface area (Å²) in [6, 6.07) is 0. The summed E-state index contributed by atoms with van der Waals surface area (Å²) >= 11 is 5.70. The van der Waals surface area contributed by atoms with Gasteiger partial charge < -0.3 is 4.90 Å². The van der Waals surface area contributed by atoms with Gasteiger partial charge in [-0.3, -0.25) is 0 Å². The third-order valence-electron chi connectivity index (χ3n) is 2.14. The predicted octanol–water partition coefficient (Wildman–Crippen LogP) is 2.24. The van der Waals surface area contributed by atoms with E-state index in [4.69, 9.17) is 11.8 Å². The van der Waals surface area contributed by atoms with E-state index in [1.165, 1.54) is 6.42 Å². The van der Waals surface area contributed by atoms with Gasteiger partial charge in [0.1, 0.15) is 0 Å². The van der Waals surface area contributed by atoms with E-state index in [1.807, 2.05) is 0 Å². The van der Waals surface area contributed by atoms with E-state index < -0.39 is 0 Å². The first-order valence-electron chi connectivity index (χ1n) is 4.56. The molecule has 0 aromatic heterocycles. The highest BCUT2D eigenvalue weighted by atomic mass is 35.5. The van der Waals surface area contributed by atoms with E-state index in [1.54, 1.807) is 0 Å². The summed E-state index contributed by atoms with van der Waals surface area (Å²) in [7, 11) is 4.17. The Bertz CT molecular complexity index is 117. The molecule has 1 atom stereocenters. The fourth-order valence-corrected chi connectivity index (χ4v) is 1.43. The molecule has 12 heavy (non-hydrogen) atoms. The molecule has 0 rings (SSSR count). The lowest BCUT2D eigenvalue weighted by molar-refractivity contribution is 0.298. The van der Waals surface area contributed by atoms with E-state index in [0.717, 1.165) is 19.4 Å². The van der Waals surface area contributed by atoms with Crippen LogP contribution in [0.2, 0.25) is 0 Å². The molecule has 0 fully saturated rings. The first-order valence-corrected chi connectivity index (χ1v) is 4.94. The van der Waals surface area contributed by atoms with Crippen molar-refractivity contribution in [2.75, 3.05) is 20.6 Å². The average Bonchev–Trinajstić information content (AvgIpc) is 2.02. The Labute approximate surface area is 81.4 Å². The number of rotatable bonds is 6. The molecule has 0 amide bonds. The largest absolute Gasteiger partial charge is 0.309 e. The first kappa shape index (κ1) is 12.2. The summed E-state index contributed by atoms with van der Waals surface area (Å²) in [5, 5.41) is 0. The summed E-state index contributed by atoms with van der Waals surface area (Å²) in [4.78, 5) is 5.06. The molecule has 74 valence electrons. The topological polar surface area (TPSA) is 15.3 Å². The van der Waals surface area contributed by atoms with Crippen LogP contribution >= 0.6 is 11.8 Å². The van der Waals surface area contributed by atoms with Gasteiger partial charge in [-0.25, -0.2) is 4.84 Å². The maximum absolute atomic E-state index is 5.70. The molecule has 0 aliphatic heterocycles. The summed E-state index contributed by atoms with van der Waals surface area (Å²) in [6.07, 6.45) is 3.39. The molecule has 2 nitrogen and oxygen atoms in total. The van der Waals surface area contributed by atoms with Crippen LogP contribution in [-0.2, 0) is 0 Å². The standard InChI is InChI=1S/C9H21ClN2/c1-5-6-9(2,11-10)7-8-12(3)4/h11H,5-8H2,1-4H3. The summed E-state index contributed by atoms with van der Waals surface area (Å²) < 4.78 is 0. The molecule has 0 aromatic carbocycles. The molecule has 0 bridgehead atoms. The van der Waals surface area contributed by atoms with Crippen molar-refractivity contribution in [2.24, 2.45) is 0 Å². The van der Waals surface area contributed by atoms with E-state index in [-0.39, 0.29) is 5.54 Å². The zero-order chi connectivity index (χ0) is 9.61. The molecule has 1 unspecified atom stereocenters. The Morgan fingerprint density at radius 3 is 2.25 bits per heavy atom. The molecule has 0 spiro atoms. The van der Waals surface area contributed by atoms with Gasteiger partial charge in [-0.05, 0) is 52.2 Å². The highest BCUT2D eigenvalue weighted by Gasteiger charge is 2.21. The molecule has 0 heterocycles. The quantitative estimate of drug-likeness (QED) is 0.650. The lowest BCUT2D eigenvalue weighted by Gasteiger charge is -2.28. The van der Waals surface area contributed by atoms with Gasteiger partial charge in [0.25, 0.3) is 0 Å². The molecule has 1 N–H and O–H groups in total. The number of nitrogens with zero attached hydrogens (tertiary/aromatic N) is 1. The van der Waals surface area contributed by atoms with E-state index >= 15 is 0 Å². The van der Waals surface area contributed by atoms with Crippen LogP contribution in [-0.4, -0.2) is 31.1 Å². The fraction of sp³-hybridized carbons (Fsp3) is 1.00. The smallest absolute Gasteiger partial charge is 0.0315 e. The van der Waals surface area contributed by atoms with Crippen molar-refractivity contribution in [2.45, 2.75) is 38.6 Å². The van der Waals surface area contributed by atoms with Crippen molar-refractivity contribution in [1.82, 2.24) is 9.74 Å². The van der Waals surface area contributed by atoms with Crippen molar-refractivity contribution in [1.29, 1.82) is 0 Å². The minimum absolute atomic E-state index is 0.0978. The van der Waals surface area contributed by atoms with Gasteiger partial charge in [-0.15, -0.1) is 0 Å². The van der Waals surface area contributed by atoms with Gasteiger partial charge in [0, 0.05) is 5.54 Å². The van der Waals surface area contributed by atoms with Crippen LogP contribution in [0.5, 0.6) is 0 Å². The van der Waals surface area contributed by atoms with Crippen LogP contribution in [0.15, 0.2) is 0 Å². The minimum Gasteiger partial charge on any atom is -0.309 e. The van der Waals surface area contributed by atoms with Crippen LogP contribution in [0.1, 0.15) is 33.1 Å². The van der Waals surface area contributed by atoms with Crippen LogP contribution in [0.25, 0.3) is 0 Å². The Balaban J connectivity index is 3.78. The Kier molecular flexibility index (Phi) is 5.89. The third kappa shape index (κ3) is 4.96. The monoisotopic (exact) mass is 192 g/mol. The molecular formula is C9H21ClN2. The van der Waals surface area contributed by atoms with Gasteiger partial charge in [-0.2, -0.15) is 0 Å². The van der Waals surface area contributed by atoms with Crippen molar-refractivity contribution in [3.63, 3.8) is 0 Å². The molecule has 0 aromatic rings. The maximum atomic E-state index is 5.70. The highest BCUT2D eigenvalue weighted by Crippen LogP contribution is 2.17. The predicted molar refractivity (Wildman–Crippen MR) is 55.5 cm³/mol. The molecular weight excluding hydrogens is 172 g/mol. The van der Waals surface area contributed by atoms with E-state index in [2.05, 4.69) is 37.7 Å². The van der Waals surface area contributed by atoms with Gasteiger partial charge in [-0.1, -0.05) is 13.3 Å². The average molecular weight is 193 g/mol. The second-order valence-electron chi connectivity index (χ2n) is 3.96. The van der Waals surface area contributed by atoms with Crippen molar-refractivity contribution in [3.8, 4) is 0 Å². The molecule has 0 aliphatic rings. The first-order chi connectivity index (χ1) is 5.54. The maximum Gasteiger partial charge on any atom is 0.0315 e. The third-order valence-corrected chi connectivity index (χ3v) is 2.60. The number of halogens is 1. The summed E-state index contributed by atoms with van der Waals surface area (Å²) in [5.74, 6) is 0. The van der Waals surface area contributed by atoms with Crippen molar-refractivity contribution >= 4 is 11.8 Å². The van der Waals surface area contributed by atoms with Crippen LogP contribution in [0.4, 0.5) is 0 Å². The lowest BCUT2D eigenvalue weighted by atomic mass is 9.93. The second kappa shape index (κ2) is 5.79. The molecule has 0 aliphatic carbocycles. The van der Waals surface area contributed by atoms with Gasteiger partial charge in [0.2, 0.25) is 0 Å². The molecule has 0 saturated heterocycles. The zero-order valence-corrected chi connectivity index (χ0v) is 9.41. The molecule has 0 saturated carbocycles. The van der Waals surface area contributed by atoms with Gasteiger partial charge in [0.15, 0.2) is 0 Å². The number of nitrogens with one attached hydrogen (secondary N) is 1. The number of hydrogen-bond acceptors (Lipinski definition) is 2. The minimum atomic E-state index is 0.0978. The number of hydrogen-bond donors (Lipinski definition) is 1.